The Morgan fingerprint density at radius 3 is 2.75 bits per heavy atom. The van der Waals surface area contributed by atoms with E-state index in [4.69, 9.17) is 11.6 Å². The Balaban J connectivity index is 2.36. The first kappa shape index (κ1) is 14.0. The molecule has 0 N–H and O–H groups in total. The molecule has 0 bridgehead atoms. The monoisotopic (exact) mass is 323 g/mol. The minimum absolute atomic E-state index is 0.0987. The van der Waals surface area contributed by atoms with Gasteiger partial charge in [-0.2, -0.15) is 0 Å². The maximum atomic E-state index is 11.9. The van der Waals surface area contributed by atoms with Crippen LogP contribution in [0.15, 0.2) is 15.9 Å². The zero-order valence-electron chi connectivity index (χ0n) is 9.21. The minimum atomic E-state index is 0.0987. The van der Waals surface area contributed by atoms with Gasteiger partial charge < -0.3 is 4.90 Å². The smallest absolute Gasteiger partial charge is 0.263 e. The predicted octanol–water partition coefficient (Wildman–Crippen LogP) is 3.99. The van der Waals surface area contributed by atoms with Gasteiger partial charge in [0.2, 0.25) is 0 Å². The summed E-state index contributed by atoms with van der Waals surface area (Å²) < 4.78 is 0.992. The molecule has 16 heavy (non-hydrogen) atoms. The van der Waals surface area contributed by atoms with Crippen molar-refractivity contribution in [3.8, 4) is 0 Å². The molecule has 0 aliphatic carbocycles. The van der Waals surface area contributed by atoms with Gasteiger partial charge in [0.05, 0.1) is 8.66 Å². The number of carbonyl (C=O) groups excluding carboxylic acids is 1. The van der Waals surface area contributed by atoms with E-state index in [1.807, 2.05) is 19.2 Å². The third-order valence-electron chi connectivity index (χ3n) is 2.26. The molecule has 5 heteroatoms. The molecule has 2 nitrogen and oxygen atoms in total. The molecule has 90 valence electrons. The second-order valence-corrected chi connectivity index (χ2v) is 6.42. The zero-order valence-corrected chi connectivity index (χ0v) is 12.4. The highest BCUT2D eigenvalue weighted by Gasteiger charge is 2.12. The van der Waals surface area contributed by atoms with Crippen LogP contribution < -0.4 is 0 Å². The molecule has 0 spiro atoms. The molecule has 1 aromatic rings. The number of thiophene rings is 1. The van der Waals surface area contributed by atoms with Gasteiger partial charge in [0, 0.05) is 19.5 Å². The average Bonchev–Trinajstić information content (AvgIpc) is 2.70. The van der Waals surface area contributed by atoms with E-state index in [-0.39, 0.29) is 5.91 Å². The Labute approximate surface area is 114 Å². The van der Waals surface area contributed by atoms with Gasteiger partial charge in [0.1, 0.15) is 0 Å². The van der Waals surface area contributed by atoms with Crippen LogP contribution in [-0.4, -0.2) is 30.3 Å². The fourth-order valence-corrected chi connectivity index (χ4v) is 2.91. The minimum Gasteiger partial charge on any atom is -0.341 e. The number of alkyl halides is 1. The first-order chi connectivity index (χ1) is 7.65. The number of halogens is 2. The summed E-state index contributed by atoms with van der Waals surface area (Å²) in [6.07, 6.45) is 3.12. The molecule has 0 atom stereocenters. The maximum absolute atomic E-state index is 11.9. The average molecular weight is 325 g/mol. The van der Waals surface area contributed by atoms with E-state index < -0.39 is 0 Å². The van der Waals surface area contributed by atoms with Crippen LogP contribution >= 0.6 is 38.9 Å². The number of amides is 1. The lowest BCUT2D eigenvalue weighted by Crippen LogP contribution is -2.26. The summed E-state index contributed by atoms with van der Waals surface area (Å²) in [6, 6.07) is 3.76. The lowest BCUT2D eigenvalue weighted by Gasteiger charge is -2.15. The molecule has 0 fully saturated rings. The van der Waals surface area contributed by atoms with Gasteiger partial charge in [-0.3, -0.25) is 4.79 Å². The number of carbonyl (C=O) groups is 1. The van der Waals surface area contributed by atoms with Crippen molar-refractivity contribution in [1.82, 2.24) is 4.90 Å². The van der Waals surface area contributed by atoms with E-state index in [9.17, 15) is 4.79 Å². The van der Waals surface area contributed by atoms with E-state index in [1.165, 1.54) is 11.3 Å². The van der Waals surface area contributed by atoms with Gasteiger partial charge in [-0.05, 0) is 40.9 Å². The Bertz CT molecular complexity index is 342. The molecule has 0 aliphatic heterocycles. The summed E-state index contributed by atoms with van der Waals surface area (Å²) in [5.74, 6) is 0.803. The molecule has 0 saturated carbocycles. The molecule has 1 amide bonds. The zero-order chi connectivity index (χ0) is 12.0. The predicted molar refractivity (Wildman–Crippen MR) is 73.6 cm³/mol. The second kappa shape index (κ2) is 7.30. The van der Waals surface area contributed by atoms with E-state index in [0.717, 1.165) is 34.5 Å². The molecule has 0 aromatic carbocycles. The SMILES string of the molecule is CN(CCCCCCl)C(=O)c1ccc(Br)s1. The van der Waals surface area contributed by atoms with Gasteiger partial charge in [-0.25, -0.2) is 0 Å². The molecule has 1 aromatic heterocycles. The van der Waals surface area contributed by atoms with Gasteiger partial charge in [0.25, 0.3) is 5.91 Å². The third-order valence-corrected chi connectivity index (χ3v) is 4.14. The van der Waals surface area contributed by atoms with Gasteiger partial charge in [0.15, 0.2) is 0 Å². The van der Waals surface area contributed by atoms with Crippen molar-refractivity contribution >= 4 is 44.8 Å². The Morgan fingerprint density at radius 1 is 1.44 bits per heavy atom. The molecular formula is C11H15BrClNOS. The lowest BCUT2D eigenvalue weighted by molar-refractivity contribution is 0.0797. The summed E-state index contributed by atoms with van der Waals surface area (Å²) in [4.78, 5) is 14.5. The van der Waals surface area contributed by atoms with Gasteiger partial charge >= 0.3 is 0 Å². The van der Waals surface area contributed by atoms with Crippen LogP contribution in [0.25, 0.3) is 0 Å². The standard InChI is InChI=1S/C11H15BrClNOS/c1-14(8-4-2-3-7-13)11(15)9-5-6-10(12)16-9/h5-6H,2-4,7-8H2,1H3. The number of hydrogen-bond donors (Lipinski definition) is 0. The maximum Gasteiger partial charge on any atom is 0.263 e. The van der Waals surface area contributed by atoms with Crippen LogP contribution in [0.2, 0.25) is 0 Å². The summed E-state index contributed by atoms with van der Waals surface area (Å²) in [5.41, 5.74) is 0. The van der Waals surface area contributed by atoms with E-state index in [2.05, 4.69) is 15.9 Å². The normalized spacial score (nSPS) is 10.4. The summed E-state index contributed by atoms with van der Waals surface area (Å²) in [6.45, 7) is 0.797. The van der Waals surface area contributed by atoms with Gasteiger partial charge in [-0.15, -0.1) is 22.9 Å². The Kier molecular flexibility index (Phi) is 6.39. The van der Waals surface area contributed by atoms with E-state index in [1.54, 1.807) is 4.90 Å². The summed E-state index contributed by atoms with van der Waals surface area (Å²) in [7, 11) is 1.84. The lowest BCUT2D eigenvalue weighted by atomic mass is 10.2. The highest BCUT2D eigenvalue weighted by atomic mass is 79.9. The second-order valence-electron chi connectivity index (χ2n) is 3.58. The largest absolute Gasteiger partial charge is 0.341 e. The quantitative estimate of drug-likeness (QED) is 0.572. The van der Waals surface area contributed by atoms with E-state index in [0.29, 0.717) is 5.88 Å². The van der Waals surface area contributed by atoms with Crippen LogP contribution in [0.1, 0.15) is 28.9 Å². The fourth-order valence-electron chi connectivity index (χ4n) is 1.34. The highest BCUT2D eigenvalue weighted by Crippen LogP contribution is 2.23. The van der Waals surface area contributed by atoms with Gasteiger partial charge in [-0.1, -0.05) is 6.42 Å². The number of unbranched alkanes of at least 4 members (excludes halogenated alkanes) is 2. The fraction of sp³-hybridized carbons (Fsp3) is 0.545. The first-order valence-electron chi connectivity index (χ1n) is 5.22. The van der Waals surface area contributed by atoms with Crippen LogP contribution in [0.3, 0.4) is 0 Å². The molecule has 1 rings (SSSR count). The first-order valence-corrected chi connectivity index (χ1v) is 7.36. The Morgan fingerprint density at radius 2 is 2.19 bits per heavy atom. The van der Waals surface area contributed by atoms with Crippen LogP contribution in [0.5, 0.6) is 0 Å². The molecule has 0 unspecified atom stereocenters. The summed E-state index contributed by atoms with van der Waals surface area (Å²) >= 11 is 10.4. The number of nitrogens with zero attached hydrogens (tertiary/aromatic N) is 1. The highest BCUT2D eigenvalue weighted by molar-refractivity contribution is 9.11. The summed E-state index contributed by atoms with van der Waals surface area (Å²) in [5, 5.41) is 0. The van der Waals surface area contributed by atoms with E-state index >= 15 is 0 Å². The van der Waals surface area contributed by atoms with Crippen molar-refractivity contribution in [1.29, 1.82) is 0 Å². The van der Waals surface area contributed by atoms with Crippen molar-refractivity contribution in [3.05, 3.63) is 20.8 Å². The Hall–Kier alpha value is -0.0600. The number of rotatable bonds is 6. The van der Waals surface area contributed by atoms with Crippen LogP contribution in [0.4, 0.5) is 0 Å². The molecule has 0 aliphatic rings. The molecule has 1 heterocycles. The van der Waals surface area contributed by atoms with Crippen molar-refractivity contribution < 1.29 is 4.79 Å². The molecule has 0 saturated heterocycles. The van der Waals surface area contributed by atoms with Crippen molar-refractivity contribution in [2.75, 3.05) is 19.5 Å². The topological polar surface area (TPSA) is 20.3 Å². The molecule has 0 radical (unpaired) electrons. The van der Waals surface area contributed by atoms with Crippen LogP contribution in [-0.2, 0) is 0 Å². The van der Waals surface area contributed by atoms with Crippen molar-refractivity contribution in [2.45, 2.75) is 19.3 Å². The van der Waals surface area contributed by atoms with Crippen molar-refractivity contribution in [2.24, 2.45) is 0 Å². The molecular weight excluding hydrogens is 310 g/mol. The van der Waals surface area contributed by atoms with Crippen molar-refractivity contribution in [3.63, 3.8) is 0 Å². The number of hydrogen-bond acceptors (Lipinski definition) is 2. The third kappa shape index (κ3) is 4.44. The van der Waals surface area contributed by atoms with Crippen LogP contribution in [0, 0.1) is 0 Å².